The molecule has 20 heavy (non-hydrogen) atoms. The van der Waals surface area contributed by atoms with Crippen LogP contribution in [0, 0.1) is 0 Å². The van der Waals surface area contributed by atoms with Crippen LogP contribution in [-0.2, 0) is 9.53 Å². The number of hydrogen-bond acceptors (Lipinski definition) is 4. The average Bonchev–Trinajstić information content (AvgIpc) is 2.44. The Bertz CT molecular complexity index is 383. The number of carbonyl (C=O) groups is 1. The number of carboxylic acids is 1. The molecular formula is C15H23NO4. The molecule has 5 nitrogen and oxygen atoms in total. The van der Waals surface area contributed by atoms with Crippen LogP contribution >= 0.6 is 0 Å². The van der Waals surface area contributed by atoms with E-state index in [9.17, 15) is 9.90 Å². The van der Waals surface area contributed by atoms with Crippen molar-refractivity contribution in [2.24, 2.45) is 0 Å². The van der Waals surface area contributed by atoms with Crippen molar-refractivity contribution in [3.63, 3.8) is 0 Å². The molecule has 0 amide bonds. The average molecular weight is 281 g/mol. The minimum Gasteiger partial charge on any atom is -0.481 e. The van der Waals surface area contributed by atoms with E-state index in [2.05, 4.69) is 0 Å². The van der Waals surface area contributed by atoms with Crippen LogP contribution in [0.2, 0.25) is 0 Å². The standard InChI is InChI=1S/C15H23NO4/c1-2-20-12-14(17)11-16(10-6-9-15(18)19)13-7-4-3-5-8-13/h3-5,7-8,14,17H,2,6,9-12H2,1H3,(H,18,19). The third kappa shape index (κ3) is 6.54. The predicted octanol–water partition coefficient (Wildman–Crippen LogP) is 1.76. The van der Waals surface area contributed by atoms with Crippen LogP contribution in [0.4, 0.5) is 5.69 Å². The van der Waals surface area contributed by atoms with E-state index in [0.717, 1.165) is 5.69 Å². The number of aliphatic hydroxyl groups excluding tert-OH is 1. The Morgan fingerprint density at radius 3 is 2.65 bits per heavy atom. The van der Waals surface area contributed by atoms with E-state index in [4.69, 9.17) is 9.84 Å². The van der Waals surface area contributed by atoms with Crippen molar-refractivity contribution in [3.8, 4) is 0 Å². The highest BCUT2D eigenvalue weighted by atomic mass is 16.5. The molecular weight excluding hydrogens is 258 g/mol. The lowest BCUT2D eigenvalue weighted by Gasteiger charge is -2.27. The predicted molar refractivity (Wildman–Crippen MR) is 78.0 cm³/mol. The normalized spacial score (nSPS) is 12.1. The van der Waals surface area contributed by atoms with E-state index in [1.165, 1.54) is 0 Å². The Balaban J connectivity index is 2.57. The van der Waals surface area contributed by atoms with E-state index in [1.54, 1.807) is 0 Å². The van der Waals surface area contributed by atoms with E-state index in [-0.39, 0.29) is 6.42 Å². The van der Waals surface area contributed by atoms with Gasteiger partial charge in [-0.15, -0.1) is 0 Å². The molecule has 1 aromatic rings. The van der Waals surface area contributed by atoms with Gasteiger partial charge in [-0.3, -0.25) is 4.79 Å². The fraction of sp³-hybridized carbons (Fsp3) is 0.533. The molecule has 2 N–H and O–H groups in total. The molecule has 0 fully saturated rings. The van der Waals surface area contributed by atoms with E-state index < -0.39 is 12.1 Å². The Labute approximate surface area is 119 Å². The second kappa shape index (κ2) is 9.34. The second-order valence-corrected chi connectivity index (χ2v) is 4.59. The zero-order valence-electron chi connectivity index (χ0n) is 11.9. The van der Waals surface area contributed by atoms with Crippen LogP contribution in [0.15, 0.2) is 30.3 Å². The van der Waals surface area contributed by atoms with E-state index in [0.29, 0.717) is 32.7 Å². The number of benzene rings is 1. The fourth-order valence-corrected chi connectivity index (χ4v) is 1.95. The summed E-state index contributed by atoms with van der Waals surface area (Å²) in [6.07, 6.45) is 0.0937. The number of aliphatic hydroxyl groups is 1. The van der Waals surface area contributed by atoms with Crippen molar-refractivity contribution in [1.82, 2.24) is 0 Å². The number of aliphatic carboxylic acids is 1. The van der Waals surface area contributed by atoms with Gasteiger partial charge >= 0.3 is 5.97 Å². The largest absolute Gasteiger partial charge is 0.481 e. The summed E-state index contributed by atoms with van der Waals surface area (Å²) in [4.78, 5) is 12.6. The first-order chi connectivity index (χ1) is 9.63. The molecule has 5 heteroatoms. The Kier molecular flexibility index (Phi) is 7.69. The maximum absolute atomic E-state index is 10.6. The fourth-order valence-electron chi connectivity index (χ4n) is 1.95. The quantitative estimate of drug-likeness (QED) is 0.684. The number of nitrogens with zero attached hydrogens (tertiary/aromatic N) is 1. The van der Waals surface area contributed by atoms with Gasteiger partial charge in [-0.2, -0.15) is 0 Å². The Morgan fingerprint density at radius 1 is 1.35 bits per heavy atom. The molecule has 1 atom stereocenters. The van der Waals surface area contributed by atoms with Crippen LogP contribution in [0.1, 0.15) is 19.8 Å². The summed E-state index contributed by atoms with van der Waals surface area (Å²) in [6.45, 7) is 3.78. The van der Waals surface area contributed by atoms with Gasteiger partial charge in [0.1, 0.15) is 0 Å². The van der Waals surface area contributed by atoms with Gasteiger partial charge in [0.15, 0.2) is 0 Å². The first kappa shape index (κ1) is 16.5. The highest BCUT2D eigenvalue weighted by molar-refractivity contribution is 5.66. The van der Waals surface area contributed by atoms with Gasteiger partial charge in [-0.25, -0.2) is 0 Å². The summed E-state index contributed by atoms with van der Waals surface area (Å²) in [5.41, 5.74) is 0.980. The molecule has 0 bridgehead atoms. The molecule has 0 saturated heterocycles. The smallest absolute Gasteiger partial charge is 0.303 e. The van der Waals surface area contributed by atoms with Crippen molar-refractivity contribution < 1.29 is 19.7 Å². The summed E-state index contributed by atoms with van der Waals surface area (Å²) in [5, 5.41) is 18.6. The van der Waals surface area contributed by atoms with Crippen LogP contribution in [0.3, 0.4) is 0 Å². The van der Waals surface area contributed by atoms with Crippen LogP contribution in [0.25, 0.3) is 0 Å². The van der Waals surface area contributed by atoms with Crippen molar-refractivity contribution in [3.05, 3.63) is 30.3 Å². The van der Waals surface area contributed by atoms with Crippen molar-refractivity contribution in [2.75, 3.05) is 31.2 Å². The molecule has 1 unspecified atom stereocenters. The van der Waals surface area contributed by atoms with Gasteiger partial charge in [-0.05, 0) is 25.5 Å². The summed E-state index contributed by atoms with van der Waals surface area (Å²) < 4.78 is 5.20. The van der Waals surface area contributed by atoms with E-state index >= 15 is 0 Å². The number of para-hydroxylation sites is 1. The van der Waals surface area contributed by atoms with Gasteiger partial charge < -0.3 is 19.8 Å². The maximum Gasteiger partial charge on any atom is 0.303 e. The number of anilines is 1. The molecule has 0 aromatic heterocycles. The highest BCUT2D eigenvalue weighted by Crippen LogP contribution is 2.14. The van der Waals surface area contributed by atoms with Crippen molar-refractivity contribution in [2.45, 2.75) is 25.9 Å². The van der Waals surface area contributed by atoms with Crippen molar-refractivity contribution >= 4 is 11.7 Å². The molecule has 0 radical (unpaired) electrons. The minimum atomic E-state index is -0.798. The van der Waals surface area contributed by atoms with Gasteiger partial charge in [0.2, 0.25) is 0 Å². The third-order valence-corrected chi connectivity index (χ3v) is 2.89. The summed E-state index contributed by atoms with van der Waals surface area (Å²) in [5.74, 6) is -0.798. The first-order valence-corrected chi connectivity index (χ1v) is 6.91. The van der Waals surface area contributed by atoms with Crippen LogP contribution in [0.5, 0.6) is 0 Å². The Hall–Kier alpha value is -1.59. The van der Waals surface area contributed by atoms with Crippen LogP contribution in [-0.4, -0.2) is 48.6 Å². The minimum absolute atomic E-state index is 0.130. The molecule has 0 aliphatic carbocycles. The van der Waals surface area contributed by atoms with Crippen LogP contribution < -0.4 is 4.90 Å². The molecule has 0 aliphatic heterocycles. The molecule has 0 spiro atoms. The number of rotatable bonds is 10. The monoisotopic (exact) mass is 281 g/mol. The Morgan fingerprint density at radius 2 is 2.05 bits per heavy atom. The molecule has 112 valence electrons. The van der Waals surface area contributed by atoms with Crippen molar-refractivity contribution in [1.29, 1.82) is 0 Å². The lowest BCUT2D eigenvalue weighted by molar-refractivity contribution is -0.137. The molecule has 0 saturated carbocycles. The van der Waals surface area contributed by atoms with Gasteiger partial charge in [0.25, 0.3) is 0 Å². The molecule has 0 heterocycles. The van der Waals surface area contributed by atoms with Gasteiger partial charge in [-0.1, -0.05) is 18.2 Å². The SMILES string of the molecule is CCOCC(O)CN(CCCC(=O)O)c1ccccc1. The van der Waals surface area contributed by atoms with Gasteiger partial charge in [0, 0.05) is 31.8 Å². The maximum atomic E-state index is 10.6. The molecule has 1 rings (SSSR count). The lowest BCUT2D eigenvalue weighted by Crippen LogP contribution is -2.35. The number of carboxylic acid groups (broad SMARTS) is 1. The zero-order chi connectivity index (χ0) is 14.8. The van der Waals surface area contributed by atoms with Gasteiger partial charge in [0.05, 0.1) is 12.7 Å². The number of hydrogen-bond donors (Lipinski definition) is 2. The zero-order valence-corrected chi connectivity index (χ0v) is 11.9. The summed E-state index contributed by atoms with van der Waals surface area (Å²) >= 11 is 0. The third-order valence-electron chi connectivity index (χ3n) is 2.89. The second-order valence-electron chi connectivity index (χ2n) is 4.59. The topological polar surface area (TPSA) is 70.0 Å². The summed E-state index contributed by atoms with van der Waals surface area (Å²) in [7, 11) is 0. The molecule has 0 aliphatic rings. The van der Waals surface area contributed by atoms with E-state index in [1.807, 2.05) is 42.2 Å². The number of ether oxygens (including phenoxy) is 1. The highest BCUT2D eigenvalue weighted by Gasteiger charge is 2.13. The lowest BCUT2D eigenvalue weighted by atomic mass is 10.2. The molecule has 1 aromatic carbocycles. The summed E-state index contributed by atoms with van der Waals surface area (Å²) in [6, 6.07) is 9.68. The first-order valence-electron chi connectivity index (χ1n) is 6.91.